The van der Waals surface area contributed by atoms with Gasteiger partial charge in [0.25, 0.3) is 0 Å². The van der Waals surface area contributed by atoms with Gasteiger partial charge in [-0.3, -0.25) is 9.59 Å². The number of nitrogens with one attached hydrogen (secondary N) is 2. The summed E-state index contributed by atoms with van der Waals surface area (Å²) in [5.74, 6) is -0.417. The third-order valence-corrected chi connectivity index (χ3v) is 4.26. The van der Waals surface area contributed by atoms with E-state index in [0.717, 1.165) is 21.2 Å². The lowest BCUT2D eigenvalue weighted by Crippen LogP contribution is -2.33. The third-order valence-electron chi connectivity index (χ3n) is 3.37. The van der Waals surface area contributed by atoms with Crippen LogP contribution < -0.4 is 10.6 Å². The van der Waals surface area contributed by atoms with Crippen molar-refractivity contribution in [2.45, 2.75) is 20.3 Å². The molecule has 0 aliphatic rings. The lowest BCUT2D eigenvalue weighted by Gasteiger charge is -2.08. The molecule has 0 atom stereocenters. The van der Waals surface area contributed by atoms with E-state index in [1.165, 1.54) is 0 Å². The summed E-state index contributed by atoms with van der Waals surface area (Å²) in [4.78, 5) is 23.7. The Morgan fingerprint density at radius 2 is 1.70 bits per heavy atom. The monoisotopic (exact) mass is 374 g/mol. The molecule has 5 heteroatoms. The van der Waals surface area contributed by atoms with Crippen molar-refractivity contribution in [2.75, 3.05) is 11.9 Å². The van der Waals surface area contributed by atoms with Crippen molar-refractivity contribution in [3.05, 3.63) is 63.6 Å². The molecule has 2 N–H and O–H groups in total. The fraction of sp³-hybridized carbons (Fsp3) is 0.222. The first kappa shape index (κ1) is 17.2. The van der Waals surface area contributed by atoms with Gasteiger partial charge in [-0.25, -0.2) is 0 Å². The molecule has 0 fully saturated rings. The molecule has 2 rings (SSSR count). The van der Waals surface area contributed by atoms with Crippen LogP contribution in [0, 0.1) is 13.8 Å². The lowest BCUT2D eigenvalue weighted by molar-refractivity contribution is -0.123. The largest absolute Gasteiger partial charge is 0.347 e. The van der Waals surface area contributed by atoms with Crippen LogP contribution in [0.5, 0.6) is 0 Å². The molecule has 4 nitrogen and oxygen atoms in total. The molecule has 0 aliphatic heterocycles. The number of carbonyl (C=O) groups is 2. The predicted molar refractivity (Wildman–Crippen MR) is 95.4 cm³/mol. The van der Waals surface area contributed by atoms with E-state index in [-0.39, 0.29) is 24.8 Å². The first-order valence-electron chi connectivity index (χ1n) is 7.32. The van der Waals surface area contributed by atoms with Gasteiger partial charge in [0.05, 0.1) is 13.0 Å². The van der Waals surface area contributed by atoms with E-state index in [4.69, 9.17) is 0 Å². The van der Waals surface area contributed by atoms with Gasteiger partial charge in [0.15, 0.2) is 0 Å². The van der Waals surface area contributed by atoms with Crippen molar-refractivity contribution in [3.8, 4) is 0 Å². The first-order chi connectivity index (χ1) is 10.9. The second kappa shape index (κ2) is 7.92. The van der Waals surface area contributed by atoms with Crippen LogP contribution >= 0.6 is 15.9 Å². The molecule has 0 saturated carbocycles. The highest BCUT2D eigenvalue weighted by atomic mass is 79.9. The van der Waals surface area contributed by atoms with Gasteiger partial charge in [0, 0.05) is 10.2 Å². The van der Waals surface area contributed by atoms with Gasteiger partial charge in [0.1, 0.15) is 0 Å². The molecule has 2 aromatic rings. The summed E-state index contributed by atoms with van der Waals surface area (Å²) >= 11 is 3.41. The smallest absolute Gasteiger partial charge is 0.243 e. The van der Waals surface area contributed by atoms with Crippen LogP contribution in [0.15, 0.2) is 46.9 Å². The minimum absolute atomic E-state index is 0.0419. The minimum Gasteiger partial charge on any atom is -0.347 e. The van der Waals surface area contributed by atoms with Gasteiger partial charge in [-0.05, 0) is 43.2 Å². The van der Waals surface area contributed by atoms with Crippen molar-refractivity contribution in [1.82, 2.24) is 5.32 Å². The second-order valence-corrected chi connectivity index (χ2v) is 6.31. The summed E-state index contributed by atoms with van der Waals surface area (Å²) < 4.78 is 0.988. The van der Waals surface area contributed by atoms with Crippen molar-refractivity contribution in [3.63, 3.8) is 0 Å². The molecule has 0 saturated heterocycles. The predicted octanol–water partition coefficient (Wildman–Crippen LogP) is 3.36. The number of aryl methyl sites for hydroxylation is 2. The number of carbonyl (C=O) groups excluding carboxylic acids is 2. The van der Waals surface area contributed by atoms with Gasteiger partial charge in [-0.15, -0.1) is 0 Å². The van der Waals surface area contributed by atoms with Crippen LogP contribution in [0.25, 0.3) is 0 Å². The van der Waals surface area contributed by atoms with Gasteiger partial charge >= 0.3 is 0 Å². The van der Waals surface area contributed by atoms with Gasteiger partial charge < -0.3 is 10.6 Å². The highest BCUT2D eigenvalue weighted by Gasteiger charge is 2.07. The SMILES string of the molecule is Cc1ccc(CC(=O)NCC(=O)Nc2ccc(Br)c(C)c2)cc1. The van der Waals surface area contributed by atoms with E-state index in [2.05, 4.69) is 26.6 Å². The number of anilines is 1. The molecular weight excluding hydrogens is 356 g/mol. The number of hydrogen-bond donors (Lipinski definition) is 2. The van der Waals surface area contributed by atoms with Crippen LogP contribution in [-0.2, 0) is 16.0 Å². The summed E-state index contributed by atoms with van der Waals surface area (Å²) in [7, 11) is 0. The van der Waals surface area contributed by atoms with E-state index in [1.807, 2.05) is 56.3 Å². The molecule has 0 aromatic heterocycles. The molecule has 0 radical (unpaired) electrons. The van der Waals surface area contributed by atoms with Crippen LogP contribution in [-0.4, -0.2) is 18.4 Å². The Morgan fingerprint density at radius 3 is 2.35 bits per heavy atom. The maximum absolute atomic E-state index is 11.9. The first-order valence-corrected chi connectivity index (χ1v) is 8.11. The molecule has 0 bridgehead atoms. The average molecular weight is 375 g/mol. The average Bonchev–Trinajstić information content (AvgIpc) is 2.51. The Bertz CT molecular complexity index is 711. The molecular formula is C18H19BrN2O2. The third kappa shape index (κ3) is 5.53. The zero-order chi connectivity index (χ0) is 16.8. The Balaban J connectivity index is 1.80. The van der Waals surface area contributed by atoms with E-state index in [1.54, 1.807) is 0 Å². The maximum Gasteiger partial charge on any atom is 0.243 e. The topological polar surface area (TPSA) is 58.2 Å². The zero-order valence-electron chi connectivity index (χ0n) is 13.2. The van der Waals surface area contributed by atoms with Crippen molar-refractivity contribution in [1.29, 1.82) is 0 Å². The summed E-state index contributed by atoms with van der Waals surface area (Å²) in [5, 5.41) is 5.39. The second-order valence-electron chi connectivity index (χ2n) is 5.45. The van der Waals surface area contributed by atoms with Crippen LogP contribution in [0.3, 0.4) is 0 Å². The van der Waals surface area contributed by atoms with E-state index >= 15 is 0 Å². The minimum atomic E-state index is -0.246. The van der Waals surface area contributed by atoms with Crippen molar-refractivity contribution >= 4 is 33.4 Å². The molecule has 120 valence electrons. The number of hydrogen-bond acceptors (Lipinski definition) is 2. The van der Waals surface area contributed by atoms with Crippen LogP contribution in [0.4, 0.5) is 5.69 Å². The highest BCUT2D eigenvalue weighted by molar-refractivity contribution is 9.10. The normalized spacial score (nSPS) is 10.2. The summed E-state index contributed by atoms with van der Waals surface area (Å²) in [5.41, 5.74) is 3.82. The van der Waals surface area contributed by atoms with Gasteiger partial charge in [0.2, 0.25) is 11.8 Å². The van der Waals surface area contributed by atoms with Crippen molar-refractivity contribution < 1.29 is 9.59 Å². The van der Waals surface area contributed by atoms with Gasteiger partial charge in [-0.2, -0.15) is 0 Å². The maximum atomic E-state index is 11.9. The van der Waals surface area contributed by atoms with E-state index in [0.29, 0.717) is 5.69 Å². The zero-order valence-corrected chi connectivity index (χ0v) is 14.7. The summed E-state index contributed by atoms with van der Waals surface area (Å²) in [6, 6.07) is 13.3. The van der Waals surface area contributed by atoms with Gasteiger partial charge in [-0.1, -0.05) is 45.8 Å². The molecule has 0 aliphatic carbocycles. The number of amides is 2. The molecule has 2 amide bonds. The number of rotatable bonds is 5. The Morgan fingerprint density at radius 1 is 1.00 bits per heavy atom. The fourth-order valence-corrected chi connectivity index (χ4v) is 2.31. The summed E-state index contributed by atoms with van der Waals surface area (Å²) in [6.45, 7) is 3.90. The number of benzene rings is 2. The quantitative estimate of drug-likeness (QED) is 0.842. The molecule has 0 unspecified atom stereocenters. The molecule has 23 heavy (non-hydrogen) atoms. The highest BCUT2D eigenvalue weighted by Crippen LogP contribution is 2.19. The van der Waals surface area contributed by atoms with Crippen LogP contribution in [0.2, 0.25) is 0 Å². The lowest BCUT2D eigenvalue weighted by atomic mass is 10.1. The standard InChI is InChI=1S/C18H19BrN2O2/c1-12-3-5-14(6-4-12)10-17(22)20-11-18(23)21-15-7-8-16(19)13(2)9-15/h3-9H,10-11H2,1-2H3,(H,20,22)(H,21,23). The van der Waals surface area contributed by atoms with E-state index in [9.17, 15) is 9.59 Å². The Kier molecular flexibility index (Phi) is 5.93. The summed E-state index contributed by atoms with van der Waals surface area (Å²) in [6.07, 6.45) is 0.269. The molecule has 0 heterocycles. The number of halogens is 1. The Labute approximate surface area is 144 Å². The molecule has 0 spiro atoms. The van der Waals surface area contributed by atoms with Crippen LogP contribution in [0.1, 0.15) is 16.7 Å². The molecule has 2 aromatic carbocycles. The Hall–Kier alpha value is -2.14. The van der Waals surface area contributed by atoms with E-state index < -0.39 is 0 Å². The fourth-order valence-electron chi connectivity index (χ4n) is 2.06. The van der Waals surface area contributed by atoms with Crippen molar-refractivity contribution in [2.24, 2.45) is 0 Å².